The van der Waals surface area contributed by atoms with Crippen LogP contribution in [0.4, 0.5) is 0 Å². The molecule has 6 rings (SSSR count). The van der Waals surface area contributed by atoms with Crippen LogP contribution in [0.15, 0.2) is 49.1 Å². The fourth-order valence-corrected chi connectivity index (χ4v) is 4.90. The average Bonchev–Trinajstić information content (AvgIpc) is 3.40. The van der Waals surface area contributed by atoms with Crippen molar-refractivity contribution in [2.45, 2.75) is 57.4 Å². The number of benzene rings is 1. The third-order valence-electron chi connectivity index (χ3n) is 6.74. The summed E-state index contributed by atoms with van der Waals surface area (Å²) < 4.78 is 2.23. The number of rotatable bonds is 5. The monoisotopic (exact) mass is 410 g/mol. The standard InChI is InChI=1S/C25H26N6/c1-16-25(29-30-28-16)20-9-10-26-23(12-20)24-14-31(15-27-24)13-21-4-2-3-18-7-8-19(11-22(18)21)17-5-6-17/h7-12,14-15,17,21H,2-6,13H2,1H3,(H,28,29,30)/t21-/m0/s1. The van der Waals surface area contributed by atoms with Crippen molar-refractivity contribution in [3.63, 3.8) is 0 Å². The maximum atomic E-state index is 4.67. The largest absolute Gasteiger partial charge is 0.336 e. The van der Waals surface area contributed by atoms with Gasteiger partial charge in [0.15, 0.2) is 0 Å². The second-order valence-electron chi connectivity index (χ2n) is 8.96. The molecule has 6 heteroatoms. The van der Waals surface area contributed by atoms with E-state index in [1.165, 1.54) is 32.1 Å². The number of fused-ring (bicyclic) bond motifs is 1. The van der Waals surface area contributed by atoms with Crippen molar-refractivity contribution in [1.29, 1.82) is 0 Å². The Bertz CT molecular complexity index is 1230. The van der Waals surface area contributed by atoms with Crippen LogP contribution in [0.5, 0.6) is 0 Å². The van der Waals surface area contributed by atoms with E-state index in [-0.39, 0.29) is 0 Å². The van der Waals surface area contributed by atoms with Gasteiger partial charge in [0.25, 0.3) is 0 Å². The smallest absolute Gasteiger partial charge is 0.115 e. The van der Waals surface area contributed by atoms with E-state index in [0.717, 1.165) is 40.8 Å². The minimum Gasteiger partial charge on any atom is -0.336 e. The van der Waals surface area contributed by atoms with Crippen molar-refractivity contribution in [2.24, 2.45) is 0 Å². The van der Waals surface area contributed by atoms with Crippen molar-refractivity contribution in [2.75, 3.05) is 0 Å². The van der Waals surface area contributed by atoms with Crippen molar-refractivity contribution in [3.8, 4) is 22.6 Å². The van der Waals surface area contributed by atoms with Crippen LogP contribution in [0, 0.1) is 6.92 Å². The first kappa shape index (κ1) is 18.5. The van der Waals surface area contributed by atoms with Crippen LogP contribution in [0.1, 0.15) is 59.9 Å². The zero-order chi connectivity index (χ0) is 20.8. The maximum Gasteiger partial charge on any atom is 0.115 e. The Morgan fingerprint density at radius 3 is 2.81 bits per heavy atom. The zero-order valence-electron chi connectivity index (χ0n) is 17.8. The van der Waals surface area contributed by atoms with Gasteiger partial charge in [-0.1, -0.05) is 18.2 Å². The molecule has 1 N–H and O–H groups in total. The van der Waals surface area contributed by atoms with Crippen LogP contribution >= 0.6 is 0 Å². The molecule has 3 heterocycles. The molecule has 2 aliphatic carbocycles. The quantitative estimate of drug-likeness (QED) is 0.500. The first-order valence-electron chi connectivity index (χ1n) is 11.2. The second-order valence-corrected chi connectivity index (χ2v) is 8.96. The van der Waals surface area contributed by atoms with Gasteiger partial charge >= 0.3 is 0 Å². The van der Waals surface area contributed by atoms with Gasteiger partial charge in [-0.15, -0.1) is 0 Å². The molecule has 1 aromatic carbocycles. The summed E-state index contributed by atoms with van der Waals surface area (Å²) in [5, 5.41) is 11.1. The van der Waals surface area contributed by atoms with E-state index in [1.807, 2.05) is 31.6 Å². The molecule has 0 bridgehead atoms. The summed E-state index contributed by atoms with van der Waals surface area (Å²) in [7, 11) is 0. The van der Waals surface area contributed by atoms with E-state index in [9.17, 15) is 0 Å². The van der Waals surface area contributed by atoms with Gasteiger partial charge in [-0.25, -0.2) is 4.98 Å². The fourth-order valence-electron chi connectivity index (χ4n) is 4.90. The minimum absolute atomic E-state index is 0.557. The highest BCUT2D eigenvalue weighted by molar-refractivity contribution is 5.67. The van der Waals surface area contributed by atoms with Gasteiger partial charge in [0, 0.05) is 30.4 Å². The maximum absolute atomic E-state index is 4.67. The molecule has 1 saturated carbocycles. The van der Waals surface area contributed by atoms with Crippen LogP contribution in [-0.2, 0) is 13.0 Å². The molecule has 31 heavy (non-hydrogen) atoms. The Morgan fingerprint density at radius 1 is 1.03 bits per heavy atom. The lowest BCUT2D eigenvalue weighted by molar-refractivity contribution is 0.482. The average molecular weight is 411 g/mol. The number of nitrogens with zero attached hydrogens (tertiary/aromatic N) is 5. The second kappa shape index (κ2) is 7.45. The highest BCUT2D eigenvalue weighted by atomic mass is 15.3. The molecule has 1 atom stereocenters. The highest BCUT2D eigenvalue weighted by Crippen LogP contribution is 2.43. The predicted octanol–water partition coefficient (Wildman–Crippen LogP) is 5.04. The molecule has 3 aromatic heterocycles. The molecule has 4 aromatic rings. The van der Waals surface area contributed by atoms with Crippen molar-refractivity contribution >= 4 is 0 Å². The molecule has 1 fully saturated rings. The summed E-state index contributed by atoms with van der Waals surface area (Å²) in [6, 6.07) is 11.2. The Balaban J connectivity index is 1.25. The molecule has 6 nitrogen and oxygen atoms in total. The first-order chi connectivity index (χ1) is 15.2. The van der Waals surface area contributed by atoms with E-state index in [2.05, 4.69) is 54.3 Å². The molecule has 0 aliphatic heterocycles. The third-order valence-corrected chi connectivity index (χ3v) is 6.74. The number of nitrogens with one attached hydrogen (secondary N) is 1. The van der Waals surface area contributed by atoms with Crippen molar-refractivity contribution in [1.82, 2.24) is 29.9 Å². The molecule has 2 aliphatic rings. The molecule has 156 valence electrons. The Morgan fingerprint density at radius 2 is 1.97 bits per heavy atom. The summed E-state index contributed by atoms with van der Waals surface area (Å²) in [6.45, 7) is 2.92. The number of aromatic nitrogens is 6. The number of hydrogen-bond acceptors (Lipinski definition) is 4. The van der Waals surface area contributed by atoms with Gasteiger partial charge < -0.3 is 4.57 Å². The first-order valence-corrected chi connectivity index (χ1v) is 11.2. The lowest BCUT2D eigenvalue weighted by Gasteiger charge is -2.26. The van der Waals surface area contributed by atoms with Crippen LogP contribution in [0.3, 0.4) is 0 Å². The van der Waals surface area contributed by atoms with E-state index >= 15 is 0 Å². The predicted molar refractivity (Wildman–Crippen MR) is 120 cm³/mol. The van der Waals surface area contributed by atoms with Crippen LogP contribution in [0.2, 0.25) is 0 Å². The molecule has 0 spiro atoms. The number of pyridine rings is 1. The van der Waals surface area contributed by atoms with Crippen LogP contribution < -0.4 is 0 Å². The third kappa shape index (κ3) is 3.56. The van der Waals surface area contributed by atoms with Crippen molar-refractivity contribution < 1.29 is 0 Å². The van der Waals surface area contributed by atoms with E-state index in [4.69, 9.17) is 0 Å². The molecule has 0 amide bonds. The minimum atomic E-state index is 0.557. The molecular weight excluding hydrogens is 384 g/mol. The number of aromatic amines is 1. The zero-order valence-corrected chi connectivity index (χ0v) is 17.8. The highest BCUT2D eigenvalue weighted by Gasteiger charge is 2.27. The van der Waals surface area contributed by atoms with Gasteiger partial charge in [-0.3, -0.25) is 4.98 Å². The van der Waals surface area contributed by atoms with Gasteiger partial charge in [0.05, 0.1) is 17.7 Å². The van der Waals surface area contributed by atoms with Gasteiger partial charge in [-0.05, 0) is 73.8 Å². The molecule has 0 saturated heterocycles. The van der Waals surface area contributed by atoms with Gasteiger partial charge in [0.2, 0.25) is 0 Å². The lowest BCUT2D eigenvalue weighted by Crippen LogP contribution is -2.15. The Kier molecular flexibility index (Phi) is 4.44. The summed E-state index contributed by atoms with van der Waals surface area (Å²) in [5.74, 6) is 1.36. The van der Waals surface area contributed by atoms with Crippen LogP contribution in [0.25, 0.3) is 22.6 Å². The molecular formula is C25H26N6. The SMILES string of the molecule is Cc1n[nH]nc1-c1ccnc(-c2cn(C[C@@H]3CCCc4ccc(C5CC5)cc43)cn2)c1. The van der Waals surface area contributed by atoms with E-state index in [1.54, 1.807) is 16.7 Å². The van der Waals surface area contributed by atoms with E-state index in [0.29, 0.717) is 5.92 Å². The summed E-state index contributed by atoms with van der Waals surface area (Å²) in [5.41, 5.74) is 9.13. The molecule has 0 unspecified atom stereocenters. The number of imidazole rings is 1. The van der Waals surface area contributed by atoms with Crippen LogP contribution in [-0.4, -0.2) is 29.9 Å². The molecule has 0 radical (unpaired) electrons. The number of aryl methyl sites for hydroxylation is 2. The van der Waals surface area contributed by atoms with Gasteiger partial charge in [-0.2, -0.15) is 15.4 Å². The van der Waals surface area contributed by atoms with E-state index < -0.39 is 0 Å². The number of hydrogen-bond donors (Lipinski definition) is 1. The summed E-state index contributed by atoms with van der Waals surface area (Å²) in [4.78, 5) is 9.21. The topological polar surface area (TPSA) is 72.3 Å². The van der Waals surface area contributed by atoms with Crippen molar-refractivity contribution in [3.05, 3.63) is 71.4 Å². The van der Waals surface area contributed by atoms with Gasteiger partial charge in [0.1, 0.15) is 11.4 Å². The summed E-state index contributed by atoms with van der Waals surface area (Å²) >= 11 is 0. The summed E-state index contributed by atoms with van der Waals surface area (Å²) in [6.07, 6.45) is 12.3. The normalized spacial score (nSPS) is 18.2. The Labute approximate surface area is 181 Å². The Hall–Kier alpha value is -3.28. The fraction of sp³-hybridized carbons (Fsp3) is 0.360. The number of H-pyrrole nitrogens is 1. The lowest BCUT2D eigenvalue weighted by atomic mass is 9.81.